The van der Waals surface area contributed by atoms with Crippen LogP contribution in [0.3, 0.4) is 0 Å². The summed E-state index contributed by atoms with van der Waals surface area (Å²) >= 11 is 0. The second kappa shape index (κ2) is 9.42. The summed E-state index contributed by atoms with van der Waals surface area (Å²) in [6.45, 7) is 11.8. The van der Waals surface area contributed by atoms with Crippen LogP contribution in [0.5, 0.6) is 11.6 Å². The van der Waals surface area contributed by atoms with E-state index >= 15 is 0 Å². The lowest BCUT2D eigenvalue weighted by Gasteiger charge is -2.21. The second-order valence-corrected chi connectivity index (χ2v) is 10.8. The van der Waals surface area contributed by atoms with Crippen molar-refractivity contribution in [3.8, 4) is 11.6 Å². The van der Waals surface area contributed by atoms with E-state index < -0.39 is 15.9 Å². The van der Waals surface area contributed by atoms with Crippen molar-refractivity contribution in [2.24, 2.45) is 0 Å². The van der Waals surface area contributed by atoms with Crippen LogP contribution in [0.15, 0.2) is 47.5 Å². The van der Waals surface area contributed by atoms with Crippen molar-refractivity contribution in [2.45, 2.75) is 52.0 Å². The molecule has 0 saturated heterocycles. The van der Waals surface area contributed by atoms with Crippen LogP contribution in [0.2, 0.25) is 0 Å². The molecule has 2 N–H and O–H groups in total. The number of hydrogen-bond donors (Lipinski definition) is 2. The lowest BCUT2D eigenvalue weighted by Crippen LogP contribution is -2.32. The van der Waals surface area contributed by atoms with Gasteiger partial charge < -0.3 is 10.1 Å². The number of amides is 1. The number of sulfonamides is 1. The molecule has 0 unspecified atom stereocenters. The molecule has 0 fully saturated rings. The number of aromatic nitrogens is 2. The third kappa shape index (κ3) is 5.53. The van der Waals surface area contributed by atoms with Crippen LogP contribution in [0.4, 0.5) is 5.82 Å². The zero-order chi connectivity index (χ0) is 25.3. The van der Waals surface area contributed by atoms with Gasteiger partial charge in [-0.05, 0) is 56.2 Å². The fourth-order valence-corrected chi connectivity index (χ4v) is 4.40. The maximum Gasteiger partial charge on any atom is 0.281 e. The van der Waals surface area contributed by atoms with E-state index in [0.717, 1.165) is 16.7 Å². The van der Waals surface area contributed by atoms with Gasteiger partial charge in [-0.1, -0.05) is 44.5 Å². The van der Waals surface area contributed by atoms with Crippen LogP contribution in [-0.4, -0.2) is 31.3 Å². The fourth-order valence-electron chi connectivity index (χ4n) is 3.47. The smallest absolute Gasteiger partial charge is 0.281 e. The van der Waals surface area contributed by atoms with Crippen molar-refractivity contribution in [1.82, 2.24) is 14.7 Å². The molecule has 182 valence electrons. The van der Waals surface area contributed by atoms with Gasteiger partial charge in [-0.3, -0.25) is 4.79 Å². The van der Waals surface area contributed by atoms with Crippen LogP contribution in [0.1, 0.15) is 54.9 Å². The SMILES string of the molecule is CNc1cccc(S(=O)(=O)NC(=O)c2ccc(C(C)(C)C)nc2Oc2c(C)cc(C)cc2C)n1.[HH]. The van der Waals surface area contributed by atoms with Crippen molar-refractivity contribution in [2.75, 3.05) is 12.4 Å². The number of aryl methyl sites for hydroxylation is 3. The van der Waals surface area contributed by atoms with Gasteiger partial charge in [0.1, 0.15) is 17.1 Å². The third-order valence-corrected chi connectivity index (χ3v) is 6.39. The summed E-state index contributed by atoms with van der Waals surface area (Å²) in [5.41, 5.74) is 3.24. The van der Waals surface area contributed by atoms with Gasteiger partial charge in [-0.2, -0.15) is 8.42 Å². The minimum absolute atomic E-state index is 0. The Labute approximate surface area is 202 Å². The summed E-state index contributed by atoms with van der Waals surface area (Å²) in [4.78, 5) is 21.7. The van der Waals surface area contributed by atoms with E-state index in [1.165, 1.54) is 18.2 Å². The van der Waals surface area contributed by atoms with Gasteiger partial charge in [0.15, 0.2) is 5.03 Å². The first-order valence-electron chi connectivity index (χ1n) is 10.8. The van der Waals surface area contributed by atoms with Gasteiger partial charge in [0.2, 0.25) is 5.88 Å². The Morgan fingerprint density at radius 3 is 2.24 bits per heavy atom. The molecule has 34 heavy (non-hydrogen) atoms. The van der Waals surface area contributed by atoms with Crippen molar-refractivity contribution in [3.05, 3.63) is 70.4 Å². The maximum absolute atomic E-state index is 13.1. The average molecular weight is 485 g/mol. The molecular formula is C25H32N4O4S. The summed E-state index contributed by atoms with van der Waals surface area (Å²) in [5.74, 6) is 0.111. The van der Waals surface area contributed by atoms with Crippen molar-refractivity contribution in [1.29, 1.82) is 0 Å². The highest BCUT2D eigenvalue weighted by molar-refractivity contribution is 7.90. The number of nitrogens with one attached hydrogen (secondary N) is 2. The molecule has 0 radical (unpaired) electrons. The highest BCUT2D eigenvalue weighted by atomic mass is 32.2. The number of rotatable bonds is 6. The van der Waals surface area contributed by atoms with Gasteiger partial charge in [-0.15, -0.1) is 0 Å². The molecule has 0 saturated carbocycles. The molecule has 1 aromatic carbocycles. The third-order valence-electron chi connectivity index (χ3n) is 5.16. The maximum atomic E-state index is 13.1. The monoisotopic (exact) mass is 484 g/mol. The molecule has 0 atom stereocenters. The highest BCUT2D eigenvalue weighted by Gasteiger charge is 2.26. The van der Waals surface area contributed by atoms with E-state index in [1.54, 1.807) is 19.2 Å². The molecule has 0 spiro atoms. The number of hydrogen-bond acceptors (Lipinski definition) is 7. The minimum atomic E-state index is -4.22. The molecule has 8 nitrogen and oxygen atoms in total. The Morgan fingerprint density at radius 1 is 1.00 bits per heavy atom. The summed E-state index contributed by atoms with van der Waals surface area (Å²) in [6, 6.07) is 11.6. The number of carbonyl (C=O) groups excluding carboxylic acids is 1. The summed E-state index contributed by atoms with van der Waals surface area (Å²) < 4.78 is 33.9. The van der Waals surface area contributed by atoms with Gasteiger partial charge in [-0.25, -0.2) is 14.7 Å². The lowest BCUT2D eigenvalue weighted by molar-refractivity contribution is 0.0978. The number of benzene rings is 1. The molecule has 3 aromatic rings. The highest BCUT2D eigenvalue weighted by Crippen LogP contribution is 2.33. The number of anilines is 1. The Balaban J connectivity index is 0.00000432. The second-order valence-electron chi connectivity index (χ2n) is 9.17. The molecule has 9 heteroatoms. The van der Waals surface area contributed by atoms with Crippen molar-refractivity contribution >= 4 is 21.7 Å². The number of ether oxygens (including phenoxy) is 1. The van der Waals surface area contributed by atoms with Gasteiger partial charge in [0, 0.05) is 19.6 Å². The van der Waals surface area contributed by atoms with E-state index in [2.05, 4.69) is 20.0 Å². The largest absolute Gasteiger partial charge is 0.438 e. The van der Waals surface area contributed by atoms with Gasteiger partial charge >= 0.3 is 0 Å². The Morgan fingerprint density at radius 2 is 1.65 bits per heavy atom. The number of carbonyl (C=O) groups is 1. The molecule has 0 aliphatic carbocycles. The molecule has 0 aliphatic heterocycles. The first-order chi connectivity index (χ1) is 15.8. The average Bonchev–Trinajstić information content (AvgIpc) is 2.75. The van der Waals surface area contributed by atoms with Crippen molar-refractivity contribution < 1.29 is 19.4 Å². The Bertz CT molecular complexity index is 1330. The number of nitrogens with zero attached hydrogens (tertiary/aromatic N) is 2. The van der Waals surface area contributed by atoms with Crippen LogP contribution < -0.4 is 14.8 Å². The molecule has 2 aromatic heterocycles. The lowest BCUT2D eigenvalue weighted by atomic mass is 9.91. The Hall–Kier alpha value is -3.46. The van der Waals surface area contributed by atoms with Gasteiger partial charge in [0.25, 0.3) is 15.9 Å². The zero-order valence-corrected chi connectivity index (χ0v) is 21.3. The van der Waals surface area contributed by atoms with E-state index in [4.69, 9.17) is 4.74 Å². The molecule has 2 heterocycles. The quantitative estimate of drug-likeness (QED) is 0.512. The van der Waals surface area contributed by atoms with Crippen LogP contribution in [0, 0.1) is 20.8 Å². The predicted octanol–water partition coefficient (Wildman–Crippen LogP) is 4.90. The van der Waals surface area contributed by atoms with Crippen LogP contribution >= 0.6 is 0 Å². The van der Waals surface area contributed by atoms with E-state index in [-0.39, 0.29) is 23.3 Å². The van der Waals surface area contributed by atoms with Gasteiger partial charge in [0.05, 0.1) is 0 Å². The topological polar surface area (TPSA) is 110 Å². The molecular weight excluding hydrogens is 452 g/mol. The fraction of sp³-hybridized carbons (Fsp3) is 0.320. The molecule has 0 bridgehead atoms. The number of pyridine rings is 2. The molecule has 3 rings (SSSR count). The van der Waals surface area contributed by atoms with E-state index in [1.807, 2.05) is 53.7 Å². The molecule has 1 amide bonds. The first kappa shape index (κ1) is 25.2. The minimum Gasteiger partial charge on any atom is -0.438 e. The summed E-state index contributed by atoms with van der Waals surface area (Å²) in [7, 11) is -2.60. The van der Waals surface area contributed by atoms with E-state index in [9.17, 15) is 13.2 Å². The van der Waals surface area contributed by atoms with Crippen LogP contribution in [0.25, 0.3) is 0 Å². The molecule has 0 aliphatic rings. The Kier molecular flexibility index (Phi) is 6.97. The zero-order valence-electron chi connectivity index (χ0n) is 20.5. The predicted molar refractivity (Wildman–Crippen MR) is 134 cm³/mol. The van der Waals surface area contributed by atoms with Crippen molar-refractivity contribution in [3.63, 3.8) is 0 Å². The summed E-state index contributed by atoms with van der Waals surface area (Å²) in [5, 5.41) is 2.50. The normalized spacial score (nSPS) is 11.7. The van der Waals surface area contributed by atoms with E-state index in [0.29, 0.717) is 17.3 Å². The summed E-state index contributed by atoms with van der Waals surface area (Å²) in [6.07, 6.45) is 0. The standard InChI is InChI=1S/C25H30N4O4S.H2/c1-15-13-16(2)22(17(3)14-15)33-24-18(11-12-19(27-24)25(4,5)6)23(30)29-34(31,32)21-10-8-9-20(26-7)28-21;/h8-14H,1-7H3,(H,26,28)(H,29,30);1H. The van der Waals surface area contributed by atoms with Crippen LogP contribution in [-0.2, 0) is 15.4 Å². The first-order valence-corrected chi connectivity index (χ1v) is 12.3.